The summed E-state index contributed by atoms with van der Waals surface area (Å²) < 4.78 is 24.3. The molecule has 0 radical (unpaired) electrons. The van der Waals surface area contributed by atoms with Gasteiger partial charge in [-0.15, -0.1) is 24.0 Å². The average molecular weight is 501 g/mol. The van der Waals surface area contributed by atoms with Crippen molar-refractivity contribution in [3.05, 3.63) is 65.5 Å². The first-order chi connectivity index (χ1) is 13.2. The summed E-state index contributed by atoms with van der Waals surface area (Å²) in [7, 11) is 1.64. The van der Waals surface area contributed by atoms with E-state index in [1.165, 1.54) is 6.07 Å². The highest BCUT2D eigenvalue weighted by Gasteiger charge is 2.03. The second-order valence-electron chi connectivity index (χ2n) is 5.94. The average Bonchev–Trinajstić information content (AvgIpc) is 2.70. The first-order valence-electron chi connectivity index (χ1n) is 9.19. The molecule has 0 spiro atoms. The molecule has 0 bridgehead atoms. The lowest BCUT2D eigenvalue weighted by Crippen LogP contribution is -2.38. The molecule has 2 aromatic rings. The molecule has 0 aliphatic heterocycles. The number of methoxy groups -OCH3 is 1. The Labute approximate surface area is 183 Å². The van der Waals surface area contributed by atoms with Crippen LogP contribution in [0.15, 0.2) is 53.5 Å². The fourth-order valence-electron chi connectivity index (χ4n) is 2.42. The number of benzene rings is 2. The Morgan fingerprint density at radius 2 is 1.82 bits per heavy atom. The zero-order valence-electron chi connectivity index (χ0n) is 16.4. The Balaban J connectivity index is 0.00000392. The summed E-state index contributed by atoms with van der Waals surface area (Å²) >= 11 is 0. The molecular formula is C21H29FIN3O2. The van der Waals surface area contributed by atoms with Crippen LogP contribution in [0.25, 0.3) is 0 Å². The van der Waals surface area contributed by atoms with Crippen LogP contribution in [-0.2, 0) is 17.8 Å². The summed E-state index contributed by atoms with van der Waals surface area (Å²) in [5.41, 5.74) is 1.67. The summed E-state index contributed by atoms with van der Waals surface area (Å²) in [5.74, 6) is 1.23. The van der Waals surface area contributed by atoms with E-state index in [1.807, 2.05) is 37.3 Å². The van der Waals surface area contributed by atoms with Crippen LogP contribution in [0.3, 0.4) is 0 Å². The van der Waals surface area contributed by atoms with Crippen molar-refractivity contribution >= 4 is 29.9 Å². The molecule has 0 saturated heterocycles. The van der Waals surface area contributed by atoms with E-state index < -0.39 is 0 Å². The van der Waals surface area contributed by atoms with E-state index in [4.69, 9.17) is 9.47 Å². The normalized spacial score (nSPS) is 10.9. The molecule has 7 heteroatoms. The molecule has 0 fully saturated rings. The second-order valence-corrected chi connectivity index (χ2v) is 5.94. The van der Waals surface area contributed by atoms with Crippen molar-refractivity contribution in [1.82, 2.24) is 10.6 Å². The fourth-order valence-corrected chi connectivity index (χ4v) is 2.42. The van der Waals surface area contributed by atoms with E-state index in [-0.39, 0.29) is 29.8 Å². The maximum Gasteiger partial charge on any atom is 0.191 e. The topological polar surface area (TPSA) is 54.9 Å². The van der Waals surface area contributed by atoms with Gasteiger partial charge in [0.05, 0.1) is 13.7 Å². The molecule has 0 saturated carbocycles. The fraction of sp³-hybridized carbons (Fsp3) is 0.381. The van der Waals surface area contributed by atoms with Crippen molar-refractivity contribution < 1.29 is 13.9 Å². The molecule has 0 unspecified atom stereocenters. The molecule has 0 aromatic heterocycles. The van der Waals surface area contributed by atoms with Crippen molar-refractivity contribution in [3.8, 4) is 5.75 Å². The summed E-state index contributed by atoms with van der Waals surface area (Å²) in [6.07, 6.45) is 0.872. The molecule has 2 aromatic carbocycles. The standard InChI is InChI=1S/C21H28FN3O2.HI/c1-3-27-14-6-13-23-21(25-16-18-7-4-5-8-20(18)22)24-15-17-9-11-19(26-2)12-10-17;/h4-5,7-12H,3,6,13-16H2,1-2H3,(H2,23,24,25);1H. The van der Waals surface area contributed by atoms with Crippen molar-refractivity contribution in [2.24, 2.45) is 4.99 Å². The quantitative estimate of drug-likeness (QED) is 0.223. The Hall–Kier alpha value is -1.87. The third-order valence-electron chi connectivity index (χ3n) is 3.94. The first kappa shape index (κ1) is 24.2. The van der Waals surface area contributed by atoms with Gasteiger partial charge >= 0.3 is 0 Å². The molecule has 0 heterocycles. The van der Waals surface area contributed by atoms with Gasteiger partial charge in [0, 0.05) is 31.9 Å². The van der Waals surface area contributed by atoms with Crippen LogP contribution in [0.5, 0.6) is 5.75 Å². The lowest BCUT2D eigenvalue weighted by molar-refractivity contribution is 0.145. The highest BCUT2D eigenvalue weighted by Crippen LogP contribution is 2.12. The molecule has 0 atom stereocenters. The monoisotopic (exact) mass is 501 g/mol. The molecule has 28 heavy (non-hydrogen) atoms. The van der Waals surface area contributed by atoms with Gasteiger partial charge in [-0.1, -0.05) is 30.3 Å². The van der Waals surface area contributed by atoms with Crippen molar-refractivity contribution in [2.45, 2.75) is 26.4 Å². The van der Waals surface area contributed by atoms with Crippen LogP contribution in [0.2, 0.25) is 0 Å². The van der Waals surface area contributed by atoms with Crippen molar-refractivity contribution in [3.63, 3.8) is 0 Å². The highest BCUT2D eigenvalue weighted by molar-refractivity contribution is 14.0. The van der Waals surface area contributed by atoms with Gasteiger partial charge in [-0.2, -0.15) is 0 Å². The summed E-state index contributed by atoms with van der Waals surface area (Å²) in [4.78, 5) is 4.60. The number of nitrogens with one attached hydrogen (secondary N) is 2. The van der Waals surface area contributed by atoms with Gasteiger partial charge in [-0.25, -0.2) is 9.38 Å². The van der Waals surface area contributed by atoms with Crippen LogP contribution >= 0.6 is 24.0 Å². The molecule has 2 rings (SSSR count). The van der Waals surface area contributed by atoms with Crippen LogP contribution < -0.4 is 15.4 Å². The molecular weight excluding hydrogens is 472 g/mol. The van der Waals surface area contributed by atoms with Crippen LogP contribution in [-0.4, -0.2) is 32.8 Å². The number of guanidine groups is 1. The van der Waals surface area contributed by atoms with Gasteiger partial charge in [-0.3, -0.25) is 0 Å². The van der Waals surface area contributed by atoms with Gasteiger partial charge in [0.15, 0.2) is 5.96 Å². The van der Waals surface area contributed by atoms with E-state index in [0.29, 0.717) is 37.8 Å². The van der Waals surface area contributed by atoms with E-state index in [2.05, 4.69) is 15.6 Å². The van der Waals surface area contributed by atoms with Crippen molar-refractivity contribution in [2.75, 3.05) is 26.9 Å². The lowest BCUT2D eigenvalue weighted by atomic mass is 10.2. The molecule has 0 aliphatic rings. The Kier molecular flexibility index (Phi) is 12.2. The number of hydrogen-bond acceptors (Lipinski definition) is 3. The highest BCUT2D eigenvalue weighted by atomic mass is 127. The Bertz CT molecular complexity index is 711. The zero-order chi connectivity index (χ0) is 19.3. The lowest BCUT2D eigenvalue weighted by Gasteiger charge is -2.13. The Morgan fingerprint density at radius 1 is 1.07 bits per heavy atom. The number of nitrogens with zero attached hydrogens (tertiary/aromatic N) is 1. The van der Waals surface area contributed by atoms with E-state index in [0.717, 1.165) is 24.3 Å². The number of ether oxygens (including phenoxy) is 2. The predicted molar refractivity (Wildman–Crippen MR) is 122 cm³/mol. The van der Waals surface area contributed by atoms with Crippen molar-refractivity contribution in [1.29, 1.82) is 0 Å². The SMILES string of the molecule is CCOCCCNC(=NCc1ccc(OC)cc1)NCc1ccccc1F.I. The molecule has 0 aliphatic carbocycles. The Morgan fingerprint density at radius 3 is 2.50 bits per heavy atom. The minimum Gasteiger partial charge on any atom is -0.497 e. The largest absolute Gasteiger partial charge is 0.497 e. The van der Waals surface area contributed by atoms with Gasteiger partial charge in [0.1, 0.15) is 11.6 Å². The molecule has 154 valence electrons. The predicted octanol–water partition coefficient (Wildman–Crippen LogP) is 4.11. The van der Waals surface area contributed by atoms with E-state index in [1.54, 1.807) is 19.2 Å². The number of hydrogen-bond donors (Lipinski definition) is 2. The summed E-state index contributed by atoms with van der Waals surface area (Å²) in [6.45, 7) is 5.00. The zero-order valence-corrected chi connectivity index (χ0v) is 18.7. The first-order valence-corrected chi connectivity index (χ1v) is 9.19. The van der Waals surface area contributed by atoms with Gasteiger partial charge in [0.25, 0.3) is 0 Å². The van der Waals surface area contributed by atoms with Crippen LogP contribution in [0.1, 0.15) is 24.5 Å². The smallest absolute Gasteiger partial charge is 0.191 e. The summed E-state index contributed by atoms with van der Waals surface area (Å²) in [5, 5.41) is 6.47. The van der Waals surface area contributed by atoms with E-state index in [9.17, 15) is 4.39 Å². The van der Waals surface area contributed by atoms with E-state index >= 15 is 0 Å². The maximum absolute atomic E-state index is 13.8. The third kappa shape index (κ3) is 8.88. The third-order valence-corrected chi connectivity index (χ3v) is 3.94. The number of aliphatic imine (C=N–C) groups is 1. The van der Waals surface area contributed by atoms with Crippen LogP contribution in [0.4, 0.5) is 4.39 Å². The summed E-state index contributed by atoms with van der Waals surface area (Å²) in [6, 6.07) is 14.5. The molecule has 0 amide bonds. The number of rotatable bonds is 10. The second kappa shape index (κ2) is 14.2. The van der Waals surface area contributed by atoms with Gasteiger partial charge < -0.3 is 20.1 Å². The maximum atomic E-state index is 13.8. The minimum atomic E-state index is -0.226. The minimum absolute atomic E-state index is 0. The van der Waals surface area contributed by atoms with Crippen LogP contribution in [0, 0.1) is 5.82 Å². The van der Waals surface area contributed by atoms with Gasteiger partial charge in [0.2, 0.25) is 0 Å². The molecule has 5 nitrogen and oxygen atoms in total. The van der Waals surface area contributed by atoms with Gasteiger partial charge in [-0.05, 0) is 37.1 Å². The number of halogens is 2. The molecule has 2 N–H and O–H groups in total.